The van der Waals surface area contributed by atoms with Crippen molar-refractivity contribution in [3.63, 3.8) is 0 Å². The highest BCUT2D eigenvalue weighted by atomic mass is 16.5. The lowest BCUT2D eigenvalue weighted by atomic mass is 10.1. The average Bonchev–Trinajstić information content (AvgIpc) is 3.03. The fourth-order valence-corrected chi connectivity index (χ4v) is 1.89. The average molecular weight is 234 g/mol. The van der Waals surface area contributed by atoms with E-state index in [1.165, 1.54) is 13.5 Å². The fourth-order valence-electron chi connectivity index (χ4n) is 1.89. The van der Waals surface area contributed by atoms with Crippen LogP contribution in [0.1, 0.15) is 23.7 Å². The van der Waals surface area contributed by atoms with Crippen LogP contribution in [0.4, 0.5) is 11.4 Å². The van der Waals surface area contributed by atoms with Crippen LogP contribution in [0.2, 0.25) is 0 Å². The van der Waals surface area contributed by atoms with Crippen LogP contribution in [-0.4, -0.2) is 19.6 Å². The maximum atomic E-state index is 11.5. The molecule has 4 heteroatoms. The Labute approximate surface area is 101 Å². The van der Waals surface area contributed by atoms with Gasteiger partial charge >= 0.3 is 5.97 Å². The molecule has 0 bridgehead atoms. The third kappa shape index (κ3) is 2.70. The van der Waals surface area contributed by atoms with E-state index >= 15 is 0 Å². The predicted molar refractivity (Wildman–Crippen MR) is 68.0 cm³/mol. The minimum Gasteiger partial charge on any atom is -0.465 e. The predicted octanol–water partition coefficient (Wildman–Crippen LogP) is 2.12. The van der Waals surface area contributed by atoms with Crippen molar-refractivity contribution in [3.05, 3.63) is 23.8 Å². The van der Waals surface area contributed by atoms with Gasteiger partial charge in [-0.15, -0.1) is 0 Å². The van der Waals surface area contributed by atoms with Crippen molar-refractivity contribution < 1.29 is 9.53 Å². The summed E-state index contributed by atoms with van der Waals surface area (Å²) in [7, 11) is 1.35. The number of benzene rings is 1. The van der Waals surface area contributed by atoms with Gasteiger partial charge in [-0.1, -0.05) is 6.92 Å². The number of carbonyl (C=O) groups is 1. The van der Waals surface area contributed by atoms with Crippen LogP contribution < -0.4 is 11.1 Å². The molecule has 1 aromatic carbocycles. The zero-order valence-corrected chi connectivity index (χ0v) is 10.2. The molecule has 1 saturated carbocycles. The summed E-state index contributed by atoms with van der Waals surface area (Å²) in [5, 5.41) is 3.32. The number of carbonyl (C=O) groups excluding carboxylic acids is 1. The molecular weight excluding hydrogens is 216 g/mol. The fraction of sp³-hybridized carbons (Fsp3) is 0.462. The van der Waals surface area contributed by atoms with Crippen molar-refractivity contribution in [1.29, 1.82) is 0 Å². The van der Waals surface area contributed by atoms with Crippen LogP contribution in [0, 0.1) is 11.8 Å². The first-order valence-corrected chi connectivity index (χ1v) is 5.83. The summed E-state index contributed by atoms with van der Waals surface area (Å²) in [5.41, 5.74) is 7.51. The zero-order valence-electron chi connectivity index (χ0n) is 10.2. The number of esters is 1. The van der Waals surface area contributed by atoms with Crippen LogP contribution in [0.3, 0.4) is 0 Å². The smallest absolute Gasteiger partial charge is 0.340 e. The molecule has 2 unspecified atom stereocenters. The molecule has 17 heavy (non-hydrogen) atoms. The number of nitrogens with one attached hydrogen (secondary N) is 1. The molecule has 1 aromatic rings. The van der Waals surface area contributed by atoms with Crippen LogP contribution in [0.5, 0.6) is 0 Å². The normalized spacial score (nSPS) is 22.0. The van der Waals surface area contributed by atoms with E-state index in [9.17, 15) is 4.79 Å². The Morgan fingerprint density at radius 2 is 2.29 bits per heavy atom. The second-order valence-corrected chi connectivity index (χ2v) is 4.65. The Kier molecular flexibility index (Phi) is 3.22. The van der Waals surface area contributed by atoms with E-state index < -0.39 is 5.97 Å². The Hall–Kier alpha value is -1.71. The molecule has 0 aliphatic heterocycles. The number of ether oxygens (including phenoxy) is 1. The molecule has 1 fully saturated rings. The monoisotopic (exact) mass is 234 g/mol. The van der Waals surface area contributed by atoms with E-state index in [-0.39, 0.29) is 0 Å². The molecule has 1 aliphatic rings. The van der Waals surface area contributed by atoms with Gasteiger partial charge in [0.2, 0.25) is 0 Å². The van der Waals surface area contributed by atoms with Crippen LogP contribution >= 0.6 is 0 Å². The number of nitrogen functional groups attached to an aromatic ring is 1. The van der Waals surface area contributed by atoms with E-state index in [1.807, 2.05) is 6.07 Å². The van der Waals surface area contributed by atoms with E-state index in [0.29, 0.717) is 11.3 Å². The molecule has 2 rings (SSSR count). The summed E-state index contributed by atoms with van der Waals surface area (Å²) in [6, 6.07) is 5.36. The SMILES string of the molecule is COC(=O)c1cc(NCC2CC2C)ccc1N. The topological polar surface area (TPSA) is 64.3 Å². The van der Waals surface area contributed by atoms with Gasteiger partial charge in [-0.25, -0.2) is 4.79 Å². The summed E-state index contributed by atoms with van der Waals surface area (Å²) < 4.78 is 4.68. The Balaban J connectivity index is 2.05. The molecule has 0 radical (unpaired) electrons. The second-order valence-electron chi connectivity index (χ2n) is 4.65. The van der Waals surface area contributed by atoms with Crippen molar-refractivity contribution in [2.45, 2.75) is 13.3 Å². The third-order valence-electron chi connectivity index (χ3n) is 3.30. The quantitative estimate of drug-likeness (QED) is 0.618. The van der Waals surface area contributed by atoms with Crippen molar-refractivity contribution in [2.75, 3.05) is 24.7 Å². The van der Waals surface area contributed by atoms with E-state index in [0.717, 1.165) is 24.1 Å². The lowest BCUT2D eigenvalue weighted by molar-refractivity contribution is 0.0602. The minimum atomic E-state index is -0.397. The molecule has 0 spiro atoms. The number of methoxy groups -OCH3 is 1. The van der Waals surface area contributed by atoms with Gasteiger partial charge in [0.25, 0.3) is 0 Å². The van der Waals surface area contributed by atoms with Crippen molar-refractivity contribution >= 4 is 17.3 Å². The van der Waals surface area contributed by atoms with Gasteiger partial charge in [-0.05, 0) is 36.5 Å². The summed E-state index contributed by atoms with van der Waals surface area (Å²) in [6.45, 7) is 3.20. The van der Waals surface area contributed by atoms with Gasteiger partial charge in [0, 0.05) is 17.9 Å². The van der Waals surface area contributed by atoms with Crippen molar-refractivity contribution in [3.8, 4) is 0 Å². The molecule has 92 valence electrons. The molecule has 1 aliphatic carbocycles. The summed E-state index contributed by atoms with van der Waals surface area (Å²) in [4.78, 5) is 11.5. The first-order valence-electron chi connectivity index (χ1n) is 5.83. The van der Waals surface area contributed by atoms with E-state index in [4.69, 9.17) is 5.73 Å². The highest BCUT2D eigenvalue weighted by Gasteiger charge is 2.31. The molecule has 3 N–H and O–H groups in total. The number of hydrogen-bond acceptors (Lipinski definition) is 4. The number of nitrogens with two attached hydrogens (primary N) is 1. The van der Waals surface area contributed by atoms with Gasteiger partial charge in [0.05, 0.1) is 12.7 Å². The zero-order chi connectivity index (χ0) is 12.4. The summed E-state index contributed by atoms with van der Waals surface area (Å²) >= 11 is 0. The number of hydrogen-bond donors (Lipinski definition) is 2. The van der Waals surface area contributed by atoms with Gasteiger partial charge in [0.1, 0.15) is 0 Å². The summed E-state index contributed by atoms with van der Waals surface area (Å²) in [5.74, 6) is 1.18. The number of rotatable bonds is 4. The third-order valence-corrected chi connectivity index (χ3v) is 3.30. The molecule has 0 amide bonds. The maximum absolute atomic E-state index is 11.5. The van der Waals surface area contributed by atoms with Gasteiger partial charge in [0.15, 0.2) is 0 Å². The number of anilines is 2. The lowest BCUT2D eigenvalue weighted by Crippen LogP contribution is -2.09. The van der Waals surface area contributed by atoms with Crippen LogP contribution in [0.25, 0.3) is 0 Å². The Morgan fingerprint density at radius 3 is 2.88 bits per heavy atom. The van der Waals surface area contributed by atoms with Gasteiger partial charge in [-0.2, -0.15) is 0 Å². The molecule has 0 saturated heterocycles. The standard InChI is InChI=1S/C13H18N2O2/c1-8-5-9(8)7-15-10-3-4-12(14)11(6-10)13(16)17-2/h3-4,6,8-9,15H,5,7,14H2,1-2H3. The Bertz CT molecular complexity index is 431. The molecule has 0 aromatic heterocycles. The first-order chi connectivity index (χ1) is 8.11. The van der Waals surface area contributed by atoms with Crippen molar-refractivity contribution in [1.82, 2.24) is 0 Å². The van der Waals surface area contributed by atoms with Gasteiger partial charge < -0.3 is 15.8 Å². The summed E-state index contributed by atoms with van der Waals surface area (Å²) in [6.07, 6.45) is 1.28. The van der Waals surface area contributed by atoms with Crippen LogP contribution in [-0.2, 0) is 4.74 Å². The van der Waals surface area contributed by atoms with Crippen LogP contribution in [0.15, 0.2) is 18.2 Å². The minimum absolute atomic E-state index is 0.397. The lowest BCUT2D eigenvalue weighted by Gasteiger charge is -2.09. The molecule has 2 atom stereocenters. The largest absolute Gasteiger partial charge is 0.465 e. The first kappa shape index (κ1) is 11.8. The highest BCUT2D eigenvalue weighted by Crippen LogP contribution is 2.37. The van der Waals surface area contributed by atoms with Gasteiger partial charge in [-0.3, -0.25) is 0 Å². The molecule has 0 heterocycles. The highest BCUT2D eigenvalue weighted by molar-refractivity contribution is 5.96. The molecular formula is C13H18N2O2. The van der Waals surface area contributed by atoms with E-state index in [1.54, 1.807) is 12.1 Å². The molecule has 4 nitrogen and oxygen atoms in total. The maximum Gasteiger partial charge on any atom is 0.340 e. The van der Waals surface area contributed by atoms with Crippen molar-refractivity contribution in [2.24, 2.45) is 11.8 Å². The van der Waals surface area contributed by atoms with E-state index in [2.05, 4.69) is 17.0 Å². The second kappa shape index (κ2) is 4.65. The Morgan fingerprint density at radius 1 is 1.59 bits per heavy atom.